The Morgan fingerprint density at radius 1 is 1.19 bits per heavy atom. The van der Waals surface area contributed by atoms with Crippen LogP contribution in [0.25, 0.3) is 10.9 Å². The SMILES string of the molecule is NC(Cc1c[nH]c2ccccc12)C(=O)NCC(=O)N1CCCC1C(=O)NC(Cc1cnc[nH]1)C(=O)O. The largest absolute Gasteiger partial charge is 0.480 e. The molecule has 4 rings (SSSR count). The Hall–Kier alpha value is -4.19. The molecule has 3 aromatic rings. The molecule has 3 unspecified atom stereocenters. The van der Waals surface area contributed by atoms with Gasteiger partial charge in [0.15, 0.2) is 0 Å². The number of carboxylic acids is 1. The van der Waals surface area contributed by atoms with E-state index in [1.165, 1.54) is 17.4 Å². The molecule has 36 heavy (non-hydrogen) atoms. The normalized spacial score (nSPS) is 17.0. The van der Waals surface area contributed by atoms with Crippen LogP contribution in [0.3, 0.4) is 0 Å². The van der Waals surface area contributed by atoms with Crippen molar-refractivity contribution in [3.63, 3.8) is 0 Å². The van der Waals surface area contributed by atoms with Gasteiger partial charge >= 0.3 is 5.97 Å². The van der Waals surface area contributed by atoms with Crippen molar-refractivity contribution in [1.29, 1.82) is 0 Å². The lowest BCUT2D eigenvalue weighted by Crippen LogP contribution is -2.53. The van der Waals surface area contributed by atoms with Crippen LogP contribution in [0.1, 0.15) is 24.1 Å². The van der Waals surface area contributed by atoms with Gasteiger partial charge in [-0.15, -0.1) is 0 Å². The number of carboxylic acid groups (broad SMARTS) is 1. The number of imidazole rings is 1. The standard InChI is InChI=1S/C24H29N7O5/c25-17(8-14-10-27-18-5-2-1-4-16(14)18)22(33)28-12-21(32)31-7-3-6-20(31)23(34)30-19(24(35)36)9-15-11-26-13-29-15/h1-2,4-5,10-11,13,17,19-20,27H,3,6-9,12,25H2,(H,26,29)(H,28,33)(H,30,34)(H,35,36). The molecule has 12 heteroatoms. The minimum atomic E-state index is -1.19. The van der Waals surface area contributed by atoms with Gasteiger partial charge in [-0.05, 0) is 30.9 Å². The maximum atomic E-state index is 12.8. The van der Waals surface area contributed by atoms with Gasteiger partial charge in [0.25, 0.3) is 0 Å². The van der Waals surface area contributed by atoms with Gasteiger partial charge in [-0.25, -0.2) is 9.78 Å². The number of likely N-dealkylation sites (tertiary alicyclic amines) is 1. The van der Waals surface area contributed by atoms with Gasteiger partial charge in [-0.1, -0.05) is 18.2 Å². The summed E-state index contributed by atoms with van der Waals surface area (Å²) in [6, 6.07) is 4.86. The highest BCUT2D eigenvalue weighted by Gasteiger charge is 2.36. The molecular weight excluding hydrogens is 466 g/mol. The molecule has 3 heterocycles. The van der Waals surface area contributed by atoms with Crippen LogP contribution in [0.5, 0.6) is 0 Å². The number of aromatic nitrogens is 3. The Morgan fingerprint density at radius 3 is 2.75 bits per heavy atom. The molecule has 3 atom stereocenters. The Labute approximate surface area is 206 Å². The molecule has 7 N–H and O–H groups in total. The van der Waals surface area contributed by atoms with Gasteiger partial charge in [0, 0.05) is 42.0 Å². The third kappa shape index (κ3) is 5.71. The van der Waals surface area contributed by atoms with Crippen LogP contribution in [0.2, 0.25) is 0 Å². The van der Waals surface area contributed by atoms with Crippen molar-refractivity contribution in [3.05, 3.63) is 54.2 Å². The number of fused-ring (bicyclic) bond motifs is 1. The highest BCUT2D eigenvalue weighted by Crippen LogP contribution is 2.19. The number of para-hydroxylation sites is 1. The van der Waals surface area contributed by atoms with E-state index >= 15 is 0 Å². The number of rotatable bonds is 10. The van der Waals surface area contributed by atoms with E-state index in [1.54, 1.807) is 0 Å². The fraction of sp³-hybridized carbons (Fsp3) is 0.375. The summed E-state index contributed by atoms with van der Waals surface area (Å²) in [5, 5.41) is 15.6. The zero-order valence-electron chi connectivity index (χ0n) is 19.6. The molecule has 190 valence electrons. The second kappa shape index (κ2) is 11.0. The molecule has 0 radical (unpaired) electrons. The van der Waals surface area contributed by atoms with Crippen LogP contribution in [-0.2, 0) is 32.0 Å². The quantitative estimate of drug-likeness (QED) is 0.222. The predicted octanol–water partition coefficient (Wildman–Crippen LogP) is -0.320. The van der Waals surface area contributed by atoms with E-state index < -0.39 is 41.8 Å². The number of carbonyl (C=O) groups excluding carboxylic acids is 3. The topological polar surface area (TPSA) is 186 Å². The number of aliphatic carboxylic acids is 1. The number of nitrogens with one attached hydrogen (secondary N) is 4. The number of H-pyrrole nitrogens is 2. The van der Waals surface area contributed by atoms with Crippen LogP contribution >= 0.6 is 0 Å². The zero-order valence-corrected chi connectivity index (χ0v) is 19.6. The lowest BCUT2D eigenvalue weighted by Gasteiger charge is -2.25. The van der Waals surface area contributed by atoms with E-state index in [0.717, 1.165) is 16.5 Å². The first kappa shape index (κ1) is 24.9. The molecule has 3 amide bonds. The summed E-state index contributed by atoms with van der Waals surface area (Å²) in [4.78, 5) is 61.0. The number of amides is 3. The van der Waals surface area contributed by atoms with Crippen LogP contribution < -0.4 is 16.4 Å². The van der Waals surface area contributed by atoms with E-state index in [1.807, 2.05) is 30.5 Å². The van der Waals surface area contributed by atoms with Crippen molar-refractivity contribution in [1.82, 2.24) is 30.5 Å². The average Bonchev–Trinajstić information content (AvgIpc) is 3.63. The first-order valence-corrected chi connectivity index (χ1v) is 11.7. The summed E-state index contributed by atoms with van der Waals surface area (Å²) in [6.07, 6.45) is 6.05. The molecule has 1 aliphatic heterocycles. The summed E-state index contributed by atoms with van der Waals surface area (Å²) in [5.41, 5.74) is 8.49. The van der Waals surface area contributed by atoms with E-state index in [-0.39, 0.29) is 13.0 Å². The lowest BCUT2D eigenvalue weighted by atomic mass is 10.1. The smallest absolute Gasteiger partial charge is 0.326 e. The molecule has 1 fully saturated rings. The van der Waals surface area contributed by atoms with E-state index in [2.05, 4.69) is 25.6 Å². The Morgan fingerprint density at radius 2 is 2.00 bits per heavy atom. The summed E-state index contributed by atoms with van der Waals surface area (Å²) in [7, 11) is 0. The molecular formula is C24H29N7O5. The molecule has 12 nitrogen and oxygen atoms in total. The maximum absolute atomic E-state index is 12.8. The van der Waals surface area contributed by atoms with Crippen molar-refractivity contribution in [2.75, 3.05) is 13.1 Å². The Kier molecular flexibility index (Phi) is 7.64. The van der Waals surface area contributed by atoms with Gasteiger partial charge in [-0.2, -0.15) is 0 Å². The first-order chi connectivity index (χ1) is 17.3. The summed E-state index contributed by atoms with van der Waals surface area (Å²) >= 11 is 0. The summed E-state index contributed by atoms with van der Waals surface area (Å²) < 4.78 is 0. The molecule has 0 bridgehead atoms. The molecule has 1 aliphatic rings. The number of carbonyl (C=O) groups is 4. The highest BCUT2D eigenvalue weighted by atomic mass is 16.4. The number of hydrogen-bond acceptors (Lipinski definition) is 6. The van der Waals surface area contributed by atoms with Crippen molar-refractivity contribution in [3.8, 4) is 0 Å². The van der Waals surface area contributed by atoms with E-state index in [4.69, 9.17) is 5.73 Å². The molecule has 0 aliphatic carbocycles. The minimum Gasteiger partial charge on any atom is -0.480 e. The molecule has 0 saturated carbocycles. The van der Waals surface area contributed by atoms with Gasteiger partial charge in [0.05, 0.1) is 18.9 Å². The Balaban J connectivity index is 1.30. The van der Waals surface area contributed by atoms with Gasteiger partial charge < -0.3 is 36.3 Å². The third-order valence-corrected chi connectivity index (χ3v) is 6.33. The fourth-order valence-electron chi connectivity index (χ4n) is 4.45. The first-order valence-electron chi connectivity index (χ1n) is 11.7. The van der Waals surface area contributed by atoms with E-state index in [9.17, 15) is 24.3 Å². The van der Waals surface area contributed by atoms with Crippen molar-refractivity contribution >= 4 is 34.6 Å². The van der Waals surface area contributed by atoms with Crippen LogP contribution in [-0.4, -0.2) is 79.9 Å². The molecule has 2 aromatic heterocycles. The van der Waals surface area contributed by atoms with Gasteiger partial charge in [0.2, 0.25) is 17.7 Å². The zero-order chi connectivity index (χ0) is 25.7. The monoisotopic (exact) mass is 495 g/mol. The average molecular weight is 496 g/mol. The number of benzene rings is 1. The second-order valence-electron chi connectivity index (χ2n) is 8.81. The number of nitrogens with zero attached hydrogens (tertiary/aromatic N) is 2. The number of hydrogen-bond donors (Lipinski definition) is 6. The summed E-state index contributed by atoms with van der Waals surface area (Å²) in [5.74, 6) is -2.64. The fourth-order valence-corrected chi connectivity index (χ4v) is 4.45. The van der Waals surface area contributed by atoms with E-state index in [0.29, 0.717) is 31.5 Å². The highest BCUT2D eigenvalue weighted by molar-refractivity contribution is 5.93. The third-order valence-electron chi connectivity index (χ3n) is 6.33. The lowest BCUT2D eigenvalue weighted by molar-refractivity contribution is -0.144. The molecule has 0 spiro atoms. The van der Waals surface area contributed by atoms with Crippen molar-refractivity contribution in [2.24, 2.45) is 5.73 Å². The molecule has 1 aromatic carbocycles. The van der Waals surface area contributed by atoms with Crippen molar-refractivity contribution in [2.45, 2.75) is 43.8 Å². The van der Waals surface area contributed by atoms with Crippen molar-refractivity contribution < 1.29 is 24.3 Å². The molecule has 1 saturated heterocycles. The van der Waals surface area contributed by atoms with Gasteiger partial charge in [0.1, 0.15) is 12.1 Å². The Bertz CT molecular complexity index is 1240. The second-order valence-corrected chi connectivity index (χ2v) is 8.81. The maximum Gasteiger partial charge on any atom is 0.326 e. The summed E-state index contributed by atoms with van der Waals surface area (Å²) in [6.45, 7) is 0.0349. The van der Waals surface area contributed by atoms with Crippen LogP contribution in [0.4, 0.5) is 0 Å². The van der Waals surface area contributed by atoms with Crippen LogP contribution in [0, 0.1) is 0 Å². The van der Waals surface area contributed by atoms with Crippen LogP contribution in [0.15, 0.2) is 43.0 Å². The van der Waals surface area contributed by atoms with Gasteiger partial charge in [-0.3, -0.25) is 14.4 Å². The number of nitrogens with two attached hydrogens (primary N) is 1. The predicted molar refractivity (Wildman–Crippen MR) is 130 cm³/mol. The number of aromatic amines is 2. The minimum absolute atomic E-state index is 0.0338.